The lowest BCUT2D eigenvalue weighted by Crippen LogP contribution is -2.57. The molecule has 9 heteroatoms. The van der Waals surface area contributed by atoms with Gasteiger partial charge in [-0.05, 0) is 38.1 Å². The average Bonchev–Trinajstić information content (AvgIpc) is 2.98. The molecule has 1 aliphatic rings. The Kier molecular flexibility index (Phi) is 4.30. The molecule has 0 aliphatic carbocycles. The molecular weight excluding hydrogens is 354 g/mol. The van der Waals surface area contributed by atoms with Crippen molar-refractivity contribution in [3.63, 3.8) is 0 Å². The number of aliphatic hydroxyl groups is 1. The third-order valence-corrected chi connectivity index (χ3v) is 4.51. The van der Waals surface area contributed by atoms with E-state index in [0.717, 1.165) is 4.90 Å². The van der Waals surface area contributed by atoms with Crippen LogP contribution in [-0.2, 0) is 11.3 Å². The fraction of sp³-hybridized carbons (Fsp3) is 0.412. The number of aromatic nitrogens is 2. The highest BCUT2D eigenvalue weighted by atomic mass is 19.4. The number of alkyl halides is 3. The number of carbonyl (C=O) groups excluding carboxylic acids is 1. The summed E-state index contributed by atoms with van der Waals surface area (Å²) in [5.74, 6) is -1.24. The number of carbonyl (C=O) groups is 1. The van der Waals surface area contributed by atoms with E-state index in [2.05, 4.69) is 4.98 Å². The van der Waals surface area contributed by atoms with E-state index in [4.69, 9.17) is 0 Å². The van der Waals surface area contributed by atoms with Crippen molar-refractivity contribution < 1.29 is 27.5 Å². The maximum Gasteiger partial charge on any atom is 0.426 e. The molecule has 0 saturated carbocycles. The molecule has 1 aromatic heterocycles. The van der Waals surface area contributed by atoms with Crippen molar-refractivity contribution in [2.75, 3.05) is 6.54 Å². The van der Waals surface area contributed by atoms with Crippen LogP contribution >= 0.6 is 0 Å². The van der Waals surface area contributed by atoms with Crippen LogP contribution in [0.5, 0.6) is 0 Å². The topological polar surface area (TPSA) is 58.4 Å². The zero-order valence-corrected chi connectivity index (χ0v) is 14.1. The number of imidazole rings is 1. The molecule has 0 saturated heterocycles. The fourth-order valence-corrected chi connectivity index (χ4v) is 3.06. The molecule has 0 spiro atoms. The molecule has 2 atom stereocenters. The van der Waals surface area contributed by atoms with Crippen LogP contribution in [0.3, 0.4) is 0 Å². The Morgan fingerprint density at radius 1 is 1.27 bits per heavy atom. The predicted molar refractivity (Wildman–Crippen MR) is 84.4 cm³/mol. The van der Waals surface area contributed by atoms with Crippen molar-refractivity contribution in [2.24, 2.45) is 0 Å². The Bertz CT molecular complexity index is 828. The average molecular weight is 371 g/mol. The Labute approximate surface area is 146 Å². The van der Waals surface area contributed by atoms with Crippen LogP contribution in [0.15, 0.2) is 30.5 Å². The molecule has 1 aromatic carbocycles. The Morgan fingerprint density at radius 2 is 1.88 bits per heavy atom. The number of benzene rings is 1. The van der Waals surface area contributed by atoms with Crippen molar-refractivity contribution >= 4 is 5.91 Å². The molecule has 1 aliphatic heterocycles. The summed E-state index contributed by atoms with van der Waals surface area (Å²) < 4.78 is 53.7. The minimum atomic E-state index is -5.07. The van der Waals surface area contributed by atoms with E-state index >= 15 is 0 Å². The van der Waals surface area contributed by atoms with Crippen molar-refractivity contribution in [1.29, 1.82) is 0 Å². The van der Waals surface area contributed by atoms with Gasteiger partial charge < -0.3 is 14.6 Å². The van der Waals surface area contributed by atoms with E-state index in [0.29, 0.717) is 24.0 Å². The van der Waals surface area contributed by atoms with Gasteiger partial charge in [0.25, 0.3) is 5.91 Å². The zero-order valence-electron chi connectivity index (χ0n) is 14.1. The number of amides is 1. The standard InChI is InChI=1S/C17H17F4N3O2/c1-10-8-23(15(25)16(2,26)17(19,20)21)9-13-7-22-14(24(10)13)11-3-5-12(18)6-4-11/h3-7,10,26H,8-9H2,1-2H3/t10-,16+/m0/s1. The van der Waals surface area contributed by atoms with Gasteiger partial charge in [0.15, 0.2) is 0 Å². The molecule has 0 radical (unpaired) electrons. The van der Waals surface area contributed by atoms with E-state index in [1.54, 1.807) is 23.6 Å². The lowest BCUT2D eigenvalue weighted by Gasteiger charge is -2.37. The molecule has 3 rings (SSSR count). The highest BCUT2D eigenvalue weighted by molar-refractivity contribution is 5.85. The van der Waals surface area contributed by atoms with Gasteiger partial charge in [0.1, 0.15) is 11.6 Å². The second-order valence-electron chi connectivity index (χ2n) is 6.55. The van der Waals surface area contributed by atoms with Gasteiger partial charge in [0.05, 0.1) is 24.5 Å². The Morgan fingerprint density at radius 3 is 2.46 bits per heavy atom. The number of hydrogen-bond acceptors (Lipinski definition) is 3. The molecule has 26 heavy (non-hydrogen) atoms. The van der Waals surface area contributed by atoms with Crippen LogP contribution in [0.2, 0.25) is 0 Å². The first-order valence-corrected chi connectivity index (χ1v) is 7.93. The van der Waals surface area contributed by atoms with E-state index < -0.39 is 23.5 Å². The SMILES string of the molecule is C[C@H]1CN(C(=O)[C@@](C)(O)C(F)(F)F)Cc2cnc(-c3ccc(F)cc3)n21. The number of rotatable bonds is 2. The molecule has 0 unspecified atom stereocenters. The van der Waals surface area contributed by atoms with Crippen molar-refractivity contribution in [2.45, 2.75) is 38.2 Å². The van der Waals surface area contributed by atoms with Crippen LogP contribution in [0, 0.1) is 5.82 Å². The second kappa shape index (κ2) is 6.08. The lowest BCUT2D eigenvalue weighted by atomic mass is 10.0. The van der Waals surface area contributed by atoms with Gasteiger partial charge in [-0.1, -0.05) is 0 Å². The van der Waals surface area contributed by atoms with E-state index in [9.17, 15) is 27.5 Å². The molecule has 2 aromatic rings. The monoisotopic (exact) mass is 371 g/mol. The van der Waals surface area contributed by atoms with Crippen LogP contribution in [-0.4, -0.2) is 43.8 Å². The molecular formula is C17H17F4N3O2. The van der Waals surface area contributed by atoms with Crippen LogP contribution in [0.1, 0.15) is 25.6 Å². The van der Waals surface area contributed by atoms with Gasteiger partial charge in [-0.25, -0.2) is 9.37 Å². The summed E-state index contributed by atoms with van der Waals surface area (Å²) in [6.07, 6.45) is -3.60. The van der Waals surface area contributed by atoms with Gasteiger partial charge in [-0.2, -0.15) is 13.2 Å². The van der Waals surface area contributed by atoms with Crippen LogP contribution in [0.4, 0.5) is 17.6 Å². The maximum absolute atomic E-state index is 13.1. The number of fused-ring (bicyclic) bond motifs is 1. The summed E-state index contributed by atoms with van der Waals surface area (Å²) in [5, 5.41) is 9.64. The predicted octanol–water partition coefficient (Wildman–Crippen LogP) is 2.91. The third-order valence-electron chi connectivity index (χ3n) is 4.51. The second-order valence-corrected chi connectivity index (χ2v) is 6.55. The summed E-state index contributed by atoms with van der Waals surface area (Å²) in [7, 11) is 0. The Hall–Kier alpha value is -2.42. The largest absolute Gasteiger partial charge is 0.426 e. The summed E-state index contributed by atoms with van der Waals surface area (Å²) >= 11 is 0. The van der Waals surface area contributed by atoms with Crippen molar-refractivity contribution in [3.8, 4) is 11.4 Å². The number of hydrogen-bond donors (Lipinski definition) is 1. The van der Waals surface area contributed by atoms with Gasteiger partial charge in [0.2, 0.25) is 5.60 Å². The first-order valence-electron chi connectivity index (χ1n) is 7.93. The van der Waals surface area contributed by atoms with E-state index in [1.165, 1.54) is 18.3 Å². The summed E-state index contributed by atoms with van der Waals surface area (Å²) in [5.41, 5.74) is -2.25. The minimum absolute atomic E-state index is 0.0113. The normalized spacial score (nSPS) is 19.8. The van der Waals surface area contributed by atoms with Gasteiger partial charge >= 0.3 is 6.18 Å². The molecule has 1 N–H and O–H groups in total. The minimum Gasteiger partial charge on any atom is -0.373 e. The lowest BCUT2D eigenvalue weighted by molar-refractivity contribution is -0.251. The smallest absolute Gasteiger partial charge is 0.373 e. The van der Waals surface area contributed by atoms with E-state index in [1.807, 2.05) is 0 Å². The summed E-state index contributed by atoms with van der Waals surface area (Å²) in [6.45, 7) is 2.07. The van der Waals surface area contributed by atoms with Crippen molar-refractivity contribution in [1.82, 2.24) is 14.5 Å². The van der Waals surface area contributed by atoms with Gasteiger partial charge in [-0.15, -0.1) is 0 Å². The first-order chi connectivity index (χ1) is 12.0. The molecule has 140 valence electrons. The Balaban J connectivity index is 1.91. The molecule has 1 amide bonds. The van der Waals surface area contributed by atoms with Gasteiger partial charge in [0, 0.05) is 12.1 Å². The highest BCUT2D eigenvalue weighted by Crippen LogP contribution is 2.35. The van der Waals surface area contributed by atoms with Crippen LogP contribution < -0.4 is 0 Å². The molecule has 0 fully saturated rings. The van der Waals surface area contributed by atoms with Crippen molar-refractivity contribution in [3.05, 3.63) is 42.0 Å². The molecule has 5 nitrogen and oxygen atoms in total. The third kappa shape index (κ3) is 2.96. The fourth-order valence-electron chi connectivity index (χ4n) is 3.06. The number of halogens is 4. The van der Waals surface area contributed by atoms with Gasteiger partial charge in [-0.3, -0.25) is 4.79 Å². The summed E-state index contributed by atoms with van der Waals surface area (Å²) in [6, 6.07) is 5.34. The van der Waals surface area contributed by atoms with Crippen LogP contribution in [0.25, 0.3) is 11.4 Å². The molecule has 2 heterocycles. The quantitative estimate of drug-likeness (QED) is 0.826. The zero-order chi connectivity index (χ0) is 19.3. The maximum atomic E-state index is 13.1. The summed E-state index contributed by atoms with van der Waals surface area (Å²) in [4.78, 5) is 17.5. The molecule has 0 bridgehead atoms. The first kappa shape index (κ1) is 18.4. The van der Waals surface area contributed by atoms with E-state index in [-0.39, 0.29) is 19.1 Å². The number of nitrogens with zero attached hydrogens (tertiary/aromatic N) is 3. The highest BCUT2D eigenvalue weighted by Gasteiger charge is 2.57.